The Morgan fingerprint density at radius 3 is 2.65 bits per heavy atom. The summed E-state index contributed by atoms with van der Waals surface area (Å²) < 4.78 is 1.19. The number of rotatable bonds is 3. The molecule has 0 aliphatic carbocycles. The van der Waals surface area contributed by atoms with Crippen LogP contribution in [0.3, 0.4) is 0 Å². The molecule has 0 unspecified atom stereocenters. The molecule has 0 atom stereocenters. The summed E-state index contributed by atoms with van der Waals surface area (Å²) in [6.45, 7) is 0.832. The highest BCUT2D eigenvalue weighted by molar-refractivity contribution is 14.1. The van der Waals surface area contributed by atoms with Crippen LogP contribution in [0.2, 0.25) is 0 Å². The third-order valence-electron chi connectivity index (χ3n) is 3.20. The van der Waals surface area contributed by atoms with Gasteiger partial charge in [0.15, 0.2) is 0 Å². The predicted octanol–water partition coefficient (Wildman–Crippen LogP) is 3.87. The van der Waals surface area contributed by atoms with E-state index in [0.717, 1.165) is 23.3 Å². The zero-order valence-corrected chi connectivity index (χ0v) is 13.3. The average molecular weight is 375 g/mol. The molecule has 3 rings (SSSR count). The summed E-state index contributed by atoms with van der Waals surface area (Å²) in [6, 6.07) is 16.6. The monoisotopic (exact) mass is 375 g/mol. The summed E-state index contributed by atoms with van der Waals surface area (Å²) >= 11 is 2.32. The Labute approximate surface area is 131 Å². The summed E-state index contributed by atoms with van der Waals surface area (Å²) in [7, 11) is 2.06. The van der Waals surface area contributed by atoms with E-state index in [9.17, 15) is 0 Å². The Morgan fingerprint density at radius 1 is 1.05 bits per heavy atom. The van der Waals surface area contributed by atoms with Crippen molar-refractivity contribution >= 4 is 39.3 Å². The van der Waals surface area contributed by atoms with Crippen molar-refractivity contribution in [3.63, 3.8) is 0 Å². The summed E-state index contributed by atoms with van der Waals surface area (Å²) in [5.41, 5.74) is 2.25. The molecule has 0 fully saturated rings. The molecule has 1 heterocycles. The van der Waals surface area contributed by atoms with Crippen LogP contribution < -0.4 is 4.90 Å². The standard InChI is InChI=1S/C16H14IN3/c1-20(10-12-5-3-2-4-6-12)16-14-9-13(17)7-8-15(14)18-11-19-16/h2-9,11H,10H2,1H3. The van der Waals surface area contributed by atoms with Crippen LogP contribution in [-0.2, 0) is 6.54 Å². The lowest BCUT2D eigenvalue weighted by molar-refractivity contribution is 0.900. The summed E-state index contributed by atoms with van der Waals surface area (Å²) in [5, 5.41) is 1.10. The summed E-state index contributed by atoms with van der Waals surface area (Å²) in [4.78, 5) is 10.9. The van der Waals surface area contributed by atoms with E-state index < -0.39 is 0 Å². The van der Waals surface area contributed by atoms with Gasteiger partial charge in [0, 0.05) is 22.5 Å². The van der Waals surface area contributed by atoms with Crippen molar-refractivity contribution < 1.29 is 0 Å². The molecule has 0 saturated carbocycles. The molecular formula is C16H14IN3. The number of hydrogen-bond acceptors (Lipinski definition) is 3. The van der Waals surface area contributed by atoms with Gasteiger partial charge in [0.05, 0.1) is 5.52 Å². The Bertz CT molecular complexity index is 728. The van der Waals surface area contributed by atoms with E-state index in [1.165, 1.54) is 9.13 Å². The quantitative estimate of drug-likeness (QED) is 0.651. The fourth-order valence-corrected chi connectivity index (χ4v) is 2.74. The van der Waals surface area contributed by atoms with Crippen molar-refractivity contribution in [2.24, 2.45) is 0 Å². The molecule has 3 nitrogen and oxygen atoms in total. The van der Waals surface area contributed by atoms with Gasteiger partial charge in [-0.2, -0.15) is 0 Å². The van der Waals surface area contributed by atoms with Gasteiger partial charge in [0.25, 0.3) is 0 Å². The first-order valence-electron chi connectivity index (χ1n) is 6.39. The maximum absolute atomic E-state index is 4.46. The average Bonchev–Trinajstić information content (AvgIpc) is 2.47. The Morgan fingerprint density at radius 2 is 1.85 bits per heavy atom. The Hall–Kier alpha value is -1.69. The van der Waals surface area contributed by atoms with Crippen molar-refractivity contribution in [3.8, 4) is 0 Å². The number of fused-ring (bicyclic) bond motifs is 1. The van der Waals surface area contributed by atoms with Gasteiger partial charge < -0.3 is 4.90 Å². The molecule has 0 bridgehead atoms. The maximum atomic E-state index is 4.46. The van der Waals surface area contributed by atoms with Gasteiger partial charge in [-0.1, -0.05) is 30.3 Å². The van der Waals surface area contributed by atoms with Crippen LogP contribution >= 0.6 is 22.6 Å². The number of nitrogens with zero attached hydrogens (tertiary/aromatic N) is 3. The van der Waals surface area contributed by atoms with E-state index in [1.54, 1.807) is 6.33 Å². The fraction of sp³-hybridized carbons (Fsp3) is 0.125. The van der Waals surface area contributed by atoms with E-state index in [2.05, 4.69) is 80.9 Å². The largest absolute Gasteiger partial charge is 0.355 e. The molecule has 0 N–H and O–H groups in total. The first-order valence-corrected chi connectivity index (χ1v) is 7.47. The van der Waals surface area contributed by atoms with Crippen molar-refractivity contribution in [3.05, 3.63) is 64.0 Å². The highest BCUT2D eigenvalue weighted by atomic mass is 127. The topological polar surface area (TPSA) is 29.0 Å². The van der Waals surface area contributed by atoms with E-state index >= 15 is 0 Å². The van der Waals surface area contributed by atoms with Crippen LogP contribution in [0.4, 0.5) is 5.82 Å². The highest BCUT2D eigenvalue weighted by Crippen LogP contribution is 2.24. The first kappa shape index (κ1) is 13.3. The molecular weight excluding hydrogens is 361 g/mol. The molecule has 3 aromatic rings. The van der Waals surface area contributed by atoms with Crippen LogP contribution in [0.1, 0.15) is 5.56 Å². The second-order valence-electron chi connectivity index (χ2n) is 4.70. The molecule has 0 amide bonds. The smallest absolute Gasteiger partial charge is 0.139 e. The lowest BCUT2D eigenvalue weighted by Crippen LogP contribution is -2.18. The van der Waals surface area contributed by atoms with Crippen molar-refractivity contribution in [2.75, 3.05) is 11.9 Å². The number of benzene rings is 2. The molecule has 0 aliphatic rings. The minimum Gasteiger partial charge on any atom is -0.355 e. The van der Waals surface area contributed by atoms with Crippen LogP contribution in [0.5, 0.6) is 0 Å². The molecule has 4 heteroatoms. The number of aromatic nitrogens is 2. The Balaban J connectivity index is 1.99. The van der Waals surface area contributed by atoms with Crippen molar-refractivity contribution in [1.29, 1.82) is 0 Å². The van der Waals surface area contributed by atoms with Crippen LogP contribution in [0.15, 0.2) is 54.9 Å². The lowest BCUT2D eigenvalue weighted by Gasteiger charge is -2.19. The van der Waals surface area contributed by atoms with E-state index in [-0.39, 0.29) is 0 Å². The number of halogens is 1. The first-order chi connectivity index (χ1) is 9.74. The highest BCUT2D eigenvalue weighted by Gasteiger charge is 2.09. The Kier molecular flexibility index (Phi) is 3.82. The summed E-state index contributed by atoms with van der Waals surface area (Å²) in [6.07, 6.45) is 1.63. The molecule has 0 aliphatic heterocycles. The van der Waals surface area contributed by atoms with Gasteiger partial charge in [-0.3, -0.25) is 0 Å². The normalized spacial score (nSPS) is 10.7. The van der Waals surface area contributed by atoms with E-state index in [4.69, 9.17) is 0 Å². The SMILES string of the molecule is CN(Cc1ccccc1)c1ncnc2ccc(I)cc12. The molecule has 0 saturated heterocycles. The third-order valence-corrected chi connectivity index (χ3v) is 3.87. The predicted molar refractivity (Wildman–Crippen MR) is 90.8 cm³/mol. The zero-order valence-electron chi connectivity index (χ0n) is 11.1. The fourth-order valence-electron chi connectivity index (χ4n) is 2.25. The van der Waals surface area contributed by atoms with Gasteiger partial charge in [-0.05, 0) is 46.4 Å². The lowest BCUT2D eigenvalue weighted by atomic mass is 10.2. The van der Waals surface area contributed by atoms with Crippen LogP contribution in [-0.4, -0.2) is 17.0 Å². The van der Waals surface area contributed by atoms with E-state index in [1.807, 2.05) is 12.1 Å². The second-order valence-corrected chi connectivity index (χ2v) is 5.95. The second kappa shape index (κ2) is 5.75. The molecule has 1 aromatic heterocycles. The van der Waals surface area contributed by atoms with Crippen molar-refractivity contribution in [2.45, 2.75) is 6.54 Å². The van der Waals surface area contributed by atoms with Gasteiger partial charge >= 0.3 is 0 Å². The van der Waals surface area contributed by atoms with Gasteiger partial charge in [-0.15, -0.1) is 0 Å². The summed E-state index contributed by atoms with van der Waals surface area (Å²) in [5.74, 6) is 0.970. The van der Waals surface area contributed by atoms with Crippen LogP contribution in [0, 0.1) is 3.57 Å². The number of anilines is 1. The van der Waals surface area contributed by atoms with Crippen LogP contribution in [0.25, 0.3) is 10.9 Å². The zero-order chi connectivity index (χ0) is 13.9. The third kappa shape index (κ3) is 2.75. The molecule has 20 heavy (non-hydrogen) atoms. The molecule has 0 spiro atoms. The molecule has 2 aromatic carbocycles. The molecule has 0 radical (unpaired) electrons. The van der Waals surface area contributed by atoms with Gasteiger partial charge in [0.2, 0.25) is 0 Å². The van der Waals surface area contributed by atoms with Gasteiger partial charge in [-0.25, -0.2) is 9.97 Å². The van der Waals surface area contributed by atoms with Gasteiger partial charge in [0.1, 0.15) is 12.1 Å². The van der Waals surface area contributed by atoms with Crippen molar-refractivity contribution in [1.82, 2.24) is 9.97 Å². The van der Waals surface area contributed by atoms with E-state index in [0.29, 0.717) is 0 Å². The minimum absolute atomic E-state index is 0.832. The molecule has 100 valence electrons. The number of hydrogen-bond donors (Lipinski definition) is 0. The maximum Gasteiger partial charge on any atom is 0.139 e. The minimum atomic E-state index is 0.832.